The van der Waals surface area contributed by atoms with Gasteiger partial charge in [0.15, 0.2) is 0 Å². The molecule has 2 aromatic carbocycles. The monoisotopic (exact) mass is 434 g/mol. The van der Waals surface area contributed by atoms with E-state index in [0.717, 1.165) is 24.8 Å². The van der Waals surface area contributed by atoms with Gasteiger partial charge < -0.3 is 10.1 Å². The molecule has 2 fully saturated rings. The molecule has 1 N–H and O–H groups in total. The lowest BCUT2D eigenvalue weighted by atomic mass is 9.71. The van der Waals surface area contributed by atoms with E-state index in [4.69, 9.17) is 16.3 Å². The Morgan fingerprint density at radius 2 is 1.76 bits per heavy atom. The third-order valence-corrected chi connectivity index (χ3v) is 7.90. The Hall–Kier alpha value is -1.93. The molecule has 6 nitrogen and oxygen atoms in total. The van der Waals surface area contributed by atoms with Gasteiger partial charge in [0.2, 0.25) is 10.0 Å². The zero-order chi connectivity index (χ0) is 20.5. The lowest BCUT2D eigenvalue weighted by Crippen LogP contribution is -2.50. The van der Waals surface area contributed by atoms with Crippen LogP contribution in [0.4, 0.5) is 0 Å². The summed E-state index contributed by atoms with van der Waals surface area (Å²) < 4.78 is 32.5. The van der Waals surface area contributed by atoms with Crippen LogP contribution >= 0.6 is 11.6 Å². The van der Waals surface area contributed by atoms with Gasteiger partial charge in [0, 0.05) is 13.1 Å². The van der Waals surface area contributed by atoms with Gasteiger partial charge in [-0.15, -0.1) is 0 Å². The molecule has 1 saturated carbocycles. The van der Waals surface area contributed by atoms with E-state index in [1.165, 1.54) is 22.5 Å². The van der Waals surface area contributed by atoms with Gasteiger partial charge in [0.05, 0.1) is 34.2 Å². The molecule has 1 amide bonds. The van der Waals surface area contributed by atoms with Gasteiger partial charge in [-0.05, 0) is 43.0 Å². The van der Waals surface area contributed by atoms with Gasteiger partial charge in [-0.3, -0.25) is 4.79 Å². The molecule has 2 aliphatic rings. The van der Waals surface area contributed by atoms with Crippen LogP contribution in [0.15, 0.2) is 53.4 Å². The molecule has 1 aliphatic heterocycles. The zero-order valence-electron chi connectivity index (χ0n) is 15.9. The Balaban J connectivity index is 1.61. The molecule has 0 bridgehead atoms. The van der Waals surface area contributed by atoms with Gasteiger partial charge in [0.25, 0.3) is 5.91 Å². The summed E-state index contributed by atoms with van der Waals surface area (Å²) in [6, 6.07) is 14.1. The zero-order valence-corrected chi connectivity index (χ0v) is 17.5. The Kier molecular flexibility index (Phi) is 5.66. The fourth-order valence-electron chi connectivity index (χ4n) is 3.83. The SMILES string of the molecule is O=C(NC1(c2ccccc2)CCC1)c1cc(S(=O)(=O)N2CCOCC2)ccc1Cl. The molecule has 154 valence electrons. The van der Waals surface area contributed by atoms with Crippen LogP contribution in [-0.2, 0) is 20.3 Å². The summed E-state index contributed by atoms with van der Waals surface area (Å²) in [5, 5.41) is 3.34. The molecular weight excluding hydrogens is 412 g/mol. The van der Waals surface area contributed by atoms with Crippen molar-refractivity contribution in [3.8, 4) is 0 Å². The fraction of sp³-hybridized carbons (Fsp3) is 0.381. The first-order valence-corrected chi connectivity index (χ1v) is 11.5. The highest BCUT2D eigenvalue weighted by atomic mass is 35.5. The number of carbonyl (C=O) groups excluding carboxylic acids is 1. The van der Waals surface area contributed by atoms with Crippen molar-refractivity contribution >= 4 is 27.5 Å². The number of nitrogens with zero attached hydrogens (tertiary/aromatic N) is 1. The van der Waals surface area contributed by atoms with E-state index < -0.39 is 15.6 Å². The van der Waals surface area contributed by atoms with E-state index in [2.05, 4.69) is 5.32 Å². The first kappa shape index (κ1) is 20.3. The first-order valence-electron chi connectivity index (χ1n) is 9.68. The predicted octanol–water partition coefficient (Wildman–Crippen LogP) is 3.17. The molecule has 8 heteroatoms. The molecule has 4 rings (SSSR count). The van der Waals surface area contributed by atoms with E-state index in [1.54, 1.807) is 0 Å². The van der Waals surface area contributed by atoms with E-state index >= 15 is 0 Å². The van der Waals surface area contributed by atoms with Crippen LogP contribution in [0.3, 0.4) is 0 Å². The smallest absolute Gasteiger partial charge is 0.253 e. The molecule has 1 aliphatic carbocycles. The second-order valence-electron chi connectivity index (χ2n) is 7.41. The summed E-state index contributed by atoms with van der Waals surface area (Å²) >= 11 is 6.27. The first-order chi connectivity index (χ1) is 13.9. The van der Waals surface area contributed by atoms with Crippen molar-refractivity contribution in [1.29, 1.82) is 0 Å². The standard InChI is InChI=1S/C21H23ClN2O4S/c22-19-8-7-17(29(26,27)24-11-13-28-14-12-24)15-18(19)20(25)23-21(9-4-10-21)16-5-2-1-3-6-16/h1-3,5-8,15H,4,9-14H2,(H,23,25). The van der Waals surface area contributed by atoms with Crippen molar-refractivity contribution in [1.82, 2.24) is 9.62 Å². The summed E-state index contributed by atoms with van der Waals surface area (Å²) in [6.07, 6.45) is 2.70. The Bertz CT molecular complexity index is 1000. The highest BCUT2D eigenvalue weighted by molar-refractivity contribution is 7.89. The normalized spacial score (nSPS) is 19.3. The highest BCUT2D eigenvalue weighted by Gasteiger charge is 2.40. The van der Waals surface area contributed by atoms with Crippen LogP contribution in [0.2, 0.25) is 5.02 Å². The van der Waals surface area contributed by atoms with Crippen LogP contribution in [0.1, 0.15) is 35.2 Å². The van der Waals surface area contributed by atoms with Gasteiger partial charge in [-0.25, -0.2) is 8.42 Å². The number of hydrogen-bond donors (Lipinski definition) is 1. The second-order valence-corrected chi connectivity index (χ2v) is 9.76. The van der Waals surface area contributed by atoms with Crippen LogP contribution < -0.4 is 5.32 Å². The Morgan fingerprint density at radius 3 is 2.38 bits per heavy atom. The number of halogens is 1. The van der Waals surface area contributed by atoms with Gasteiger partial charge in [-0.1, -0.05) is 41.9 Å². The number of sulfonamides is 1. The molecule has 1 saturated heterocycles. The average Bonchev–Trinajstić information content (AvgIpc) is 2.72. The van der Waals surface area contributed by atoms with Crippen LogP contribution in [-0.4, -0.2) is 44.9 Å². The predicted molar refractivity (Wildman–Crippen MR) is 110 cm³/mol. The molecule has 0 atom stereocenters. The summed E-state index contributed by atoms with van der Waals surface area (Å²) in [6.45, 7) is 1.31. The van der Waals surface area contributed by atoms with Gasteiger partial charge >= 0.3 is 0 Å². The third kappa shape index (κ3) is 3.92. The lowest BCUT2D eigenvalue weighted by molar-refractivity contribution is 0.0730. The number of hydrogen-bond acceptors (Lipinski definition) is 4. The number of carbonyl (C=O) groups is 1. The van der Waals surface area contributed by atoms with Gasteiger partial charge in [-0.2, -0.15) is 4.31 Å². The molecular formula is C21H23ClN2O4S. The van der Waals surface area contributed by atoms with Gasteiger partial charge in [0.1, 0.15) is 0 Å². The van der Waals surface area contributed by atoms with Crippen LogP contribution in [0.25, 0.3) is 0 Å². The topological polar surface area (TPSA) is 75.7 Å². The number of nitrogens with one attached hydrogen (secondary N) is 1. The Labute approximate surface area is 175 Å². The number of rotatable bonds is 5. The fourth-order valence-corrected chi connectivity index (χ4v) is 5.47. The highest BCUT2D eigenvalue weighted by Crippen LogP contribution is 2.41. The van der Waals surface area contributed by atoms with Crippen molar-refractivity contribution in [2.75, 3.05) is 26.3 Å². The molecule has 29 heavy (non-hydrogen) atoms. The average molecular weight is 435 g/mol. The third-order valence-electron chi connectivity index (χ3n) is 5.68. The van der Waals surface area contributed by atoms with Crippen LogP contribution in [0, 0.1) is 0 Å². The summed E-state index contributed by atoms with van der Waals surface area (Å²) in [4.78, 5) is 13.1. The molecule has 0 unspecified atom stereocenters. The maximum atomic E-state index is 13.1. The minimum atomic E-state index is -3.71. The number of benzene rings is 2. The summed E-state index contributed by atoms with van der Waals surface area (Å²) in [5.74, 6) is -0.363. The number of amides is 1. The summed E-state index contributed by atoms with van der Waals surface area (Å²) in [7, 11) is -3.71. The number of morpholine rings is 1. The number of ether oxygens (including phenoxy) is 1. The van der Waals surface area contributed by atoms with E-state index in [-0.39, 0.29) is 21.4 Å². The minimum Gasteiger partial charge on any atom is -0.379 e. The Morgan fingerprint density at radius 1 is 1.07 bits per heavy atom. The molecule has 0 spiro atoms. The van der Waals surface area contributed by atoms with Crippen LogP contribution in [0.5, 0.6) is 0 Å². The van der Waals surface area contributed by atoms with Crippen molar-refractivity contribution < 1.29 is 17.9 Å². The molecule has 0 aromatic heterocycles. The van der Waals surface area contributed by atoms with E-state index in [9.17, 15) is 13.2 Å². The van der Waals surface area contributed by atoms with Crippen molar-refractivity contribution in [2.24, 2.45) is 0 Å². The van der Waals surface area contributed by atoms with E-state index in [0.29, 0.717) is 26.3 Å². The summed E-state index contributed by atoms with van der Waals surface area (Å²) in [5.41, 5.74) is 0.789. The van der Waals surface area contributed by atoms with Crippen molar-refractivity contribution in [2.45, 2.75) is 29.7 Å². The largest absolute Gasteiger partial charge is 0.379 e. The maximum absolute atomic E-state index is 13.1. The second kappa shape index (κ2) is 8.07. The maximum Gasteiger partial charge on any atom is 0.253 e. The molecule has 0 radical (unpaired) electrons. The van der Waals surface area contributed by atoms with Crippen molar-refractivity contribution in [3.63, 3.8) is 0 Å². The quantitative estimate of drug-likeness (QED) is 0.784. The molecule has 2 aromatic rings. The minimum absolute atomic E-state index is 0.0660. The van der Waals surface area contributed by atoms with Crippen molar-refractivity contribution in [3.05, 3.63) is 64.7 Å². The van der Waals surface area contributed by atoms with E-state index in [1.807, 2.05) is 30.3 Å². The lowest BCUT2D eigenvalue weighted by Gasteiger charge is -2.43. The molecule has 1 heterocycles.